The Bertz CT molecular complexity index is 305. The largest absolute Gasteiger partial charge is 0.525 e. The second-order valence-corrected chi connectivity index (χ2v) is 3.06. The van der Waals surface area contributed by atoms with Gasteiger partial charge in [0.15, 0.2) is 0 Å². The molecule has 1 unspecified atom stereocenters. The molecule has 0 spiro atoms. The van der Waals surface area contributed by atoms with Crippen LogP contribution in [0.3, 0.4) is 0 Å². The van der Waals surface area contributed by atoms with Crippen LogP contribution in [-0.2, 0) is 32.7 Å². The normalized spacial score (nSPS) is 17.3. The van der Waals surface area contributed by atoms with Crippen LogP contribution in [0.1, 0.15) is 18.4 Å². The number of aromatic hydroxyl groups is 1. The Kier molecular flexibility index (Phi) is 7.29. The van der Waals surface area contributed by atoms with Crippen molar-refractivity contribution < 1.29 is 42.6 Å². The summed E-state index contributed by atoms with van der Waals surface area (Å²) < 4.78 is 5.36. The summed E-state index contributed by atoms with van der Waals surface area (Å²) in [5.74, 6) is 1.50. The van der Waals surface area contributed by atoms with E-state index in [9.17, 15) is 5.11 Å². The summed E-state index contributed by atoms with van der Waals surface area (Å²) in [6, 6.07) is 5.27. The zero-order valence-electron chi connectivity index (χ0n) is 9.10. The topological polar surface area (TPSA) is 29.5 Å². The van der Waals surface area contributed by atoms with Crippen molar-refractivity contribution >= 4 is 7.85 Å². The fraction of sp³-hybridized carbons (Fsp3) is 0.364. The summed E-state index contributed by atoms with van der Waals surface area (Å²) >= 11 is 0. The van der Waals surface area contributed by atoms with E-state index in [1.807, 2.05) is 6.07 Å². The van der Waals surface area contributed by atoms with Gasteiger partial charge in [-0.25, -0.2) is 0 Å². The summed E-state index contributed by atoms with van der Waals surface area (Å²) in [4.78, 5) is 0. The number of phenols is 1. The van der Waals surface area contributed by atoms with Gasteiger partial charge in [0, 0.05) is 38.8 Å². The molecular weight excluding hydrogens is 264 g/mol. The molecule has 1 aromatic carbocycles. The zero-order valence-corrected chi connectivity index (χ0v) is 11.9. The number of hydrogen-bond acceptors (Lipinski definition) is 2. The molecule has 15 heavy (non-hydrogen) atoms. The third-order valence-electron chi connectivity index (χ3n) is 2.18. The van der Waals surface area contributed by atoms with Crippen LogP contribution < -0.4 is 4.74 Å². The minimum atomic E-state index is 0. The fourth-order valence-corrected chi connectivity index (χ4v) is 1.43. The van der Waals surface area contributed by atoms with Crippen molar-refractivity contribution in [1.29, 1.82) is 0 Å². The molecule has 0 aliphatic carbocycles. The van der Waals surface area contributed by atoms with Gasteiger partial charge in [-0.05, 0) is 18.2 Å². The molecule has 1 aliphatic heterocycles. The van der Waals surface area contributed by atoms with E-state index in [0.29, 0.717) is 12.5 Å². The van der Waals surface area contributed by atoms with Crippen LogP contribution in [0.4, 0.5) is 0 Å². The summed E-state index contributed by atoms with van der Waals surface area (Å²) in [5.41, 5.74) is 1.15. The molecule has 0 fully saturated rings. The van der Waals surface area contributed by atoms with Crippen molar-refractivity contribution in [2.75, 3.05) is 6.61 Å². The molecule has 1 N–H and O–H groups in total. The van der Waals surface area contributed by atoms with Crippen LogP contribution in [0.15, 0.2) is 18.2 Å². The maximum Gasteiger partial charge on any atom is 0.119 e. The molecule has 0 aromatic heterocycles. The average Bonchev–Trinajstić information content (AvgIpc) is 2.21. The number of rotatable bonds is 0. The number of benzene rings is 1. The molecule has 0 amide bonds. The van der Waals surface area contributed by atoms with Crippen molar-refractivity contribution in [3.63, 3.8) is 0 Å². The maximum absolute atomic E-state index is 9.18. The third-order valence-corrected chi connectivity index (χ3v) is 2.18. The van der Waals surface area contributed by atoms with Gasteiger partial charge >= 0.3 is 0 Å². The van der Waals surface area contributed by atoms with Gasteiger partial charge < -0.3 is 9.84 Å². The first-order valence-electron chi connectivity index (χ1n) is 4.64. The average molecular weight is 278 g/mol. The Balaban J connectivity index is 0.000000617. The Morgan fingerprint density at radius 2 is 2.13 bits per heavy atom. The Labute approximate surface area is 118 Å². The van der Waals surface area contributed by atoms with E-state index >= 15 is 0 Å². The second-order valence-electron chi connectivity index (χ2n) is 3.06. The molecule has 1 atom stereocenters. The zero-order chi connectivity index (χ0) is 10.6. The summed E-state index contributed by atoms with van der Waals surface area (Å²) in [6.45, 7) is 4.26. The Morgan fingerprint density at radius 1 is 1.47 bits per heavy atom. The van der Waals surface area contributed by atoms with Gasteiger partial charge in [-0.15, -0.1) is 5.92 Å². The van der Waals surface area contributed by atoms with E-state index in [4.69, 9.17) is 4.74 Å². The Morgan fingerprint density at radius 3 is 2.80 bits per heavy atom. The molecule has 0 saturated heterocycles. The molecule has 1 aliphatic rings. The van der Waals surface area contributed by atoms with Gasteiger partial charge in [-0.3, -0.25) is 6.42 Å². The van der Waals surface area contributed by atoms with Crippen LogP contribution in [0, 0.1) is 6.42 Å². The Hall–Kier alpha value is -0.0112. The molecule has 77 valence electrons. The van der Waals surface area contributed by atoms with Gasteiger partial charge in [-0.1, -0.05) is 19.8 Å². The standard InChI is InChI=1S/C10H11O2.CH3B.Y/c1-7-4-5-12-10-6-8(11)2-3-9(7)10;1-2;/h2-4,6-7,11H,5H2,1H3;1H3;/q-1;;. The van der Waals surface area contributed by atoms with Gasteiger partial charge in [-0.2, -0.15) is 0 Å². The number of fused-ring (bicyclic) bond motifs is 1. The number of hydrogen-bond donors (Lipinski definition) is 1. The number of phenolic OH excluding ortho intramolecular Hbond substituents is 1. The molecule has 1 aromatic rings. The monoisotopic (exact) mass is 278 g/mol. The minimum Gasteiger partial charge on any atom is -0.525 e. The van der Waals surface area contributed by atoms with Gasteiger partial charge in [0.2, 0.25) is 0 Å². The van der Waals surface area contributed by atoms with Crippen molar-refractivity contribution in [1.82, 2.24) is 0 Å². The predicted molar refractivity (Wildman–Crippen MR) is 57.9 cm³/mol. The molecule has 0 saturated carbocycles. The maximum atomic E-state index is 9.18. The van der Waals surface area contributed by atoms with E-state index in [0.717, 1.165) is 11.3 Å². The van der Waals surface area contributed by atoms with Gasteiger partial charge in [0.05, 0.1) is 7.85 Å². The van der Waals surface area contributed by atoms with E-state index < -0.39 is 0 Å². The van der Waals surface area contributed by atoms with Crippen molar-refractivity contribution in [3.05, 3.63) is 30.2 Å². The van der Waals surface area contributed by atoms with Crippen LogP contribution in [0.2, 0.25) is 6.82 Å². The first-order chi connectivity index (χ1) is 6.77. The minimum absolute atomic E-state index is 0. The predicted octanol–water partition coefficient (Wildman–Crippen LogP) is 2.29. The fourth-order valence-electron chi connectivity index (χ4n) is 1.43. The van der Waals surface area contributed by atoms with Crippen molar-refractivity contribution in [3.8, 4) is 11.5 Å². The van der Waals surface area contributed by atoms with Gasteiger partial charge in [0.1, 0.15) is 11.5 Å². The van der Waals surface area contributed by atoms with E-state index in [1.165, 1.54) is 6.82 Å². The molecule has 2 nitrogen and oxygen atoms in total. The van der Waals surface area contributed by atoms with Crippen molar-refractivity contribution in [2.24, 2.45) is 0 Å². The smallest absolute Gasteiger partial charge is 0.119 e. The first kappa shape index (κ1) is 15.0. The first-order valence-corrected chi connectivity index (χ1v) is 4.64. The summed E-state index contributed by atoms with van der Waals surface area (Å²) in [6.07, 6.45) is 2.11. The third kappa shape index (κ3) is 3.80. The SMILES string of the molecule is CC1[CH-]COc2cc(O)ccc21.[B]C.[Y]. The van der Waals surface area contributed by atoms with Crippen molar-refractivity contribution in [2.45, 2.75) is 19.7 Å². The van der Waals surface area contributed by atoms with Crippen LogP contribution in [0.25, 0.3) is 0 Å². The summed E-state index contributed by atoms with van der Waals surface area (Å²) in [7, 11) is 4.50. The van der Waals surface area contributed by atoms with E-state index in [2.05, 4.69) is 21.2 Å². The van der Waals surface area contributed by atoms with Crippen LogP contribution in [0.5, 0.6) is 11.5 Å². The van der Waals surface area contributed by atoms with Crippen LogP contribution >= 0.6 is 0 Å². The quantitative estimate of drug-likeness (QED) is 0.582. The molecule has 3 radical (unpaired) electrons. The molecule has 1 heterocycles. The van der Waals surface area contributed by atoms with E-state index in [1.54, 1.807) is 12.1 Å². The van der Waals surface area contributed by atoms with Gasteiger partial charge in [0.25, 0.3) is 0 Å². The molecular formula is C11H14BO2Y-. The molecule has 2 rings (SSSR count). The molecule has 4 heteroatoms. The van der Waals surface area contributed by atoms with Crippen LogP contribution in [-0.4, -0.2) is 19.6 Å². The van der Waals surface area contributed by atoms with E-state index in [-0.39, 0.29) is 38.5 Å². The second kappa shape index (κ2) is 7.29. The molecule has 0 bridgehead atoms. The summed E-state index contributed by atoms with van der Waals surface area (Å²) in [5, 5.41) is 9.18. The number of ether oxygens (including phenoxy) is 1.